The van der Waals surface area contributed by atoms with Gasteiger partial charge in [0.1, 0.15) is 5.82 Å². The average molecular weight is 457 g/mol. The molecule has 33 heavy (non-hydrogen) atoms. The minimum atomic E-state index is 0.00748. The van der Waals surface area contributed by atoms with Crippen LogP contribution in [-0.4, -0.2) is 26.4 Å². The van der Waals surface area contributed by atoms with E-state index in [1.807, 2.05) is 73.7 Å². The molecule has 1 atom stereocenters. The Balaban J connectivity index is 1.36. The van der Waals surface area contributed by atoms with Crippen LogP contribution in [0.1, 0.15) is 42.8 Å². The molecular weight excluding hydrogens is 428 g/mol. The second-order valence-corrected chi connectivity index (χ2v) is 8.95. The highest BCUT2D eigenvalue weighted by atomic mass is 32.2. The van der Waals surface area contributed by atoms with Crippen molar-refractivity contribution in [2.75, 3.05) is 5.75 Å². The van der Waals surface area contributed by atoms with Gasteiger partial charge in [0.2, 0.25) is 5.91 Å². The predicted molar refractivity (Wildman–Crippen MR) is 134 cm³/mol. The number of benzene rings is 3. The first-order chi connectivity index (χ1) is 16.2. The number of para-hydroxylation sites is 1. The van der Waals surface area contributed by atoms with Crippen LogP contribution < -0.4 is 5.32 Å². The molecule has 4 aromatic rings. The highest BCUT2D eigenvalue weighted by Gasteiger charge is 2.15. The van der Waals surface area contributed by atoms with Crippen molar-refractivity contribution in [2.24, 2.45) is 0 Å². The van der Waals surface area contributed by atoms with Crippen molar-refractivity contribution in [1.82, 2.24) is 20.1 Å². The molecule has 3 aromatic carbocycles. The Morgan fingerprint density at radius 1 is 0.909 bits per heavy atom. The number of carbonyl (C=O) groups excluding carboxylic acids is 1. The molecule has 0 saturated carbocycles. The first-order valence-electron chi connectivity index (χ1n) is 11.2. The summed E-state index contributed by atoms with van der Waals surface area (Å²) in [6.45, 7) is 2.01. The Morgan fingerprint density at radius 3 is 2.24 bits per heavy atom. The predicted octanol–water partition coefficient (Wildman–Crippen LogP) is 5.61. The summed E-state index contributed by atoms with van der Waals surface area (Å²) in [5.41, 5.74) is 3.36. The lowest BCUT2D eigenvalue weighted by Crippen LogP contribution is -2.26. The summed E-state index contributed by atoms with van der Waals surface area (Å²) in [5.74, 6) is 1.77. The Morgan fingerprint density at radius 2 is 1.55 bits per heavy atom. The van der Waals surface area contributed by atoms with Gasteiger partial charge in [-0.05, 0) is 36.6 Å². The van der Waals surface area contributed by atoms with Crippen LogP contribution in [0.25, 0.3) is 5.69 Å². The Bertz CT molecular complexity index is 1150. The smallest absolute Gasteiger partial charge is 0.220 e. The zero-order chi connectivity index (χ0) is 22.9. The van der Waals surface area contributed by atoms with Crippen molar-refractivity contribution in [3.05, 3.63) is 108 Å². The molecule has 1 heterocycles. The normalized spacial score (nSPS) is 11.8. The van der Waals surface area contributed by atoms with Crippen LogP contribution in [0.4, 0.5) is 0 Å². The van der Waals surface area contributed by atoms with Gasteiger partial charge in [0.15, 0.2) is 5.16 Å². The SMILES string of the molecule is CC(NC(=O)CCCSc1nnc(Cc2ccccc2)n1-c1ccccc1)c1ccccc1. The fraction of sp³-hybridized carbons (Fsp3) is 0.222. The van der Waals surface area contributed by atoms with Gasteiger partial charge in [-0.3, -0.25) is 9.36 Å². The van der Waals surface area contributed by atoms with Gasteiger partial charge in [0, 0.05) is 24.3 Å². The van der Waals surface area contributed by atoms with Crippen LogP contribution in [-0.2, 0) is 11.2 Å². The van der Waals surface area contributed by atoms with Gasteiger partial charge in [-0.1, -0.05) is 90.6 Å². The van der Waals surface area contributed by atoms with Gasteiger partial charge in [0.25, 0.3) is 0 Å². The molecule has 0 spiro atoms. The fourth-order valence-corrected chi connectivity index (χ4v) is 4.57. The molecule has 1 unspecified atom stereocenters. The summed E-state index contributed by atoms with van der Waals surface area (Å²) in [4.78, 5) is 12.4. The third-order valence-corrected chi connectivity index (χ3v) is 6.39. The molecule has 1 aromatic heterocycles. The maximum atomic E-state index is 12.4. The van der Waals surface area contributed by atoms with Crippen LogP contribution in [0.2, 0.25) is 0 Å². The van der Waals surface area contributed by atoms with Gasteiger partial charge in [0.05, 0.1) is 6.04 Å². The van der Waals surface area contributed by atoms with Crippen molar-refractivity contribution in [3.8, 4) is 5.69 Å². The zero-order valence-corrected chi connectivity index (χ0v) is 19.5. The minimum Gasteiger partial charge on any atom is -0.350 e. The molecule has 0 bridgehead atoms. The maximum Gasteiger partial charge on any atom is 0.220 e. The monoisotopic (exact) mass is 456 g/mol. The molecule has 0 aliphatic carbocycles. The average Bonchev–Trinajstić information content (AvgIpc) is 3.25. The zero-order valence-electron chi connectivity index (χ0n) is 18.7. The lowest BCUT2D eigenvalue weighted by atomic mass is 10.1. The third-order valence-electron chi connectivity index (χ3n) is 5.38. The van der Waals surface area contributed by atoms with E-state index in [0.717, 1.165) is 34.4 Å². The molecule has 0 fully saturated rings. The summed E-state index contributed by atoms with van der Waals surface area (Å²) in [5, 5.41) is 12.9. The molecule has 168 valence electrons. The number of nitrogens with one attached hydrogen (secondary N) is 1. The van der Waals surface area contributed by atoms with E-state index in [1.165, 1.54) is 5.56 Å². The molecule has 1 amide bonds. The first kappa shape index (κ1) is 22.8. The van der Waals surface area contributed by atoms with Gasteiger partial charge < -0.3 is 5.32 Å². The number of hydrogen-bond donors (Lipinski definition) is 1. The van der Waals surface area contributed by atoms with Crippen LogP contribution in [0, 0.1) is 0 Å². The Labute approximate surface area is 199 Å². The van der Waals surface area contributed by atoms with Crippen LogP contribution in [0.15, 0.2) is 96.2 Å². The van der Waals surface area contributed by atoms with Crippen molar-refractivity contribution < 1.29 is 4.79 Å². The van der Waals surface area contributed by atoms with Crippen LogP contribution >= 0.6 is 11.8 Å². The number of amides is 1. The summed E-state index contributed by atoms with van der Waals surface area (Å²) in [6.07, 6.45) is 1.97. The van der Waals surface area contributed by atoms with E-state index in [-0.39, 0.29) is 11.9 Å². The molecule has 4 rings (SSSR count). The number of rotatable bonds is 10. The highest BCUT2D eigenvalue weighted by molar-refractivity contribution is 7.99. The Kier molecular flexibility index (Phi) is 7.93. The second-order valence-electron chi connectivity index (χ2n) is 7.88. The highest BCUT2D eigenvalue weighted by Crippen LogP contribution is 2.24. The van der Waals surface area contributed by atoms with Crippen LogP contribution in [0.3, 0.4) is 0 Å². The summed E-state index contributed by atoms with van der Waals surface area (Å²) in [6, 6.07) is 30.5. The van der Waals surface area contributed by atoms with Gasteiger partial charge in [-0.2, -0.15) is 0 Å². The van der Waals surface area contributed by atoms with Crippen molar-refractivity contribution in [3.63, 3.8) is 0 Å². The first-order valence-corrected chi connectivity index (χ1v) is 12.2. The summed E-state index contributed by atoms with van der Waals surface area (Å²) >= 11 is 1.64. The molecule has 1 N–H and O–H groups in total. The fourth-order valence-electron chi connectivity index (χ4n) is 3.66. The maximum absolute atomic E-state index is 12.4. The van der Waals surface area contributed by atoms with Gasteiger partial charge in [-0.25, -0.2) is 0 Å². The summed E-state index contributed by atoms with van der Waals surface area (Å²) < 4.78 is 2.12. The van der Waals surface area contributed by atoms with E-state index in [1.54, 1.807) is 11.8 Å². The van der Waals surface area contributed by atoms with Gasteiger partial charge in [-0.15, -0.1) is 10.2 Å². The van der Waals surface area contributed by atoms with E-state index < -0.39 is 0 Å². The lowest BCUT2D eigenvalue weighted by Gasteiger charge is -2.14. The summed E-state index contributed by atoms with van der Waals surface area (Å²) in [7, 11) is 0. The van der Waals surface area contributed by atoms with Crippen molar-refractivity contribution in [2.45, 2.75) is 37.4 Å². The van der Waals surface area contributed by atoms with Crippen molar-refractivity contribution >= 4 is 17.7 Å². The third kappa shape index (κ3) is 6.33. The van der Waals surface area contributed by atoms with Gasteiger partial charge >= 0.3 is 0 Å². The molecule has 6 heteroatoms. The number of nitrogens with zero attached hydrogens (tertiary/aromatic N) is 3. The minimum absolute atomic E-state index is 0.00748. The van der Waals surface area contributed by atoms with Crippen LogP contribution in [0.5, 0.6) is 0 Å². The Hall–Kier alpha value is -3.38. The number of aromatic nitrogens is 3. The molecule has 0 aliphatic rings. The molecule has 0 radical (unpaired) electrons. The van der Waals surface area contributed by atoms with E-state index in [9.17, 15) is 4.79 Å². The lowest BCUT2D eigenvalue weighted by molar-refractivity contribution is -0.121. The standard InChI is InChI=1S/C27H28N4OS/c1-21(23-14-7-3-8-15-23)28-26(32)18-11-19-33-27-30-29-25(20-22-12-5-2-6-13-22)31(27)24-16-9-4-10-17-24/h2-10,12-17,21H,11,18-20H2,1H3,(H,28,32). The van der Waals surface area contributed by atoms with E-state index in [4.69, 9.17) is 0 Å². The molecule has 5 nitrogen and oxygen atoms in total. The number of thioether (sulfide) groups is 1. The van der Waals surface area contributed by atoms with E-state index in [0.29, 0.717) is 12.8 Å². The molecule has 0 saturated heterocycles. The molecular formula is C27H28N4OS. The second kappa shape index (κ2) is 11.5. The molecule has 0 aliphatic heterocycles. The number of hydrogen-bond acceptors (Lipinski definition) is 4. The largest absolute Gasteiger partial charge is 0.350 e. The van der Waals surface area contributed by atoms with E-state index in [2.05, 4.69) is 44.3 Å². The quantitative estimate of drug-likeness (QED) is 0.249. The van der Waals surface area contributed by atoms with E-state index >= 15 is 0 Å². The van der Waals surface area contributed by atoms with Crippen molar-refractivity contribution in [1.29, 1.82) is 0 Å². The number of carbonyl (C=O) groups is 1. The topological polar surface area (TPSA) is 59.8 Å².